The van der Waals surface area contributed by atoms with Gasteiger partial charge < -0.3 is 10.0 Å². The van der Waals surface area contributed by atoms with Gasteiger partial charge in [0.25, 0.3) is 0 Å². The Labute approximate surface area is 147 Å². The van der Waals surface area contributed by atoms with Gasteiger partial charge in [-0.25, -0.2) is 8.42 Å². The van der Waals surface area contributed by atoms with Crippen LogP contribution in [-0.2, 0) is 19.6 Å². The Morgan fingerprint density at radius 2 is 1.64 bits per heavy atom. The molecular weight excluding hydrogens is 344 g/mol. The lowest BCUT2D eigenvalue weighted by Crippen LogP contribution is -2.53. The molecular formula is C17H22N2O5S. The van der Waals surface area contributed by atoms with E-state index in [0.29, 0.717) is 12.8 Å². The van der Waals surface area contributed by atoms with Crippen molar-refractivity contribution in [1.82, 2.24) is 9.21 Å². The first kappa shape index (κ1) is 17.9. The van der Waals surface area contributed by atoms with E-state index in [4.69, 9.17) is 0 Å². The molecule has 0 unspecified atom stereocenters. The average Bonchev–Trinajstić information content (AvgIpc) is 3.38. The fraction of sp³-hybridized carbons (Fsp3) is 0.529. The molecule has 2 aliphatic rings. The lowest BCUT2D eigenvalue weighted by Gasteiger charge is -2.35. The highest BCUT2D eigenvalue weighted by molar-refractivity contribution is 7.89. The van der Waals surface area contributed by atoms with Gasteiger partial charge in [-0.3, -0.25) is 9.59 Å². The molecule has 0 bridgehead atoms. The number of carbonyl (C=O) groups is 2. The van der Waals surface area contributed by atoms with E-state index in [9.17, 15) is 23.1 Å². The summed E-state index contributed by atoms with van der Waals surface area (Å²) in [5, 5.41) is 9.23. The second-order valence-electron chi connectivity index (χ2n) is 6.83. The quantitative estimate of drug-likeness (QED) is 0.802. The van der Waals surface area contributed by atoms with Gasteiger partial charge in [-0.05, 0) is 49.9 Å². The van der Waals surface area contributed by atoms with E-state index < -0.39 is 21.4 Å². The number of sulfonamides is 1. The molecule has 2 fully saturated rings. The summed E-state index contributed by atoms with van der Waals surface area (Å²) < 4.78 is 26.9. The minimum absolute atomic E-state index is 0.177. The second kappa shape index (κ2) is 6.10. The van der Waals surface area contributed by atoms with Crippen molar-refractivity contribution in [2.75, 3.05) is 26.2 Å². The molecule has 1 aromatic carbocycles. The van der Waals surface area contributed by atoms with Crippen LogP contribution in [0.15, 0.2) is 23.1 Å². The first-order valence-corrected chi connectivity index (χ1v) is 9.73. The van der Waals surface area contributed by atoms with Gasteiger partial charge in [-0.15, -0.1) is 0 Å². The fourth-order valence-corrected chi connectivity index (χ4v) is 4.61. The van der Waals surface area contributed by atoms with Gasteiger partial charge in [0.2, 0.25) is 15.9 Å². The number of hydrogen-bond donors (Lipinski definition) is 1. The van der Waals surface area contributed by atoms with Crippen molar-refractivity contribution in [3.05, 3.63) is 29.3 Å². The number of aryl methyl sites for hydroxylation is 2. The molecule has 7 nitrogen and oxygen atoms in total. The monoisotopic (exact) mass is 366 g/mol. The van der Waals surface area contributed by atoms with Crippen LogP contribution in [0.1, 0.15) is 24.0 Å². The smallest absolute Gasteiger partial charge is 0.319 e. The first-order valence-electron chi connectivity index (χ1n) is 8.29. The summed E-state index contributed by atoms with van der Waals surface area (Å²) in [6.45, 7) is 4.58. The molecule has 0 atom stereocenters. The Kier molecular flexibility index (Phi) is 4.36. The van der Waals surface area contributed by atoms with Crippen LogP contribution in [0.25, 0.3) is 0 Å². The third-order valence-corrected chi connectivity index (χ3v) is 7.11. The third-order valence-electron chi connectivity index (χ3n) is 5.21. The molecule has 1 saturated carbocycles. The standard InChI is InChI=1S/C17H22N2O5S/c1-12-3-4-14(11-13(12)2)25(23,24)19-9-7-18(8-10-19)15(20)17(5-6-17)16(21)22/h3-4,11H,5-10H2,1-2H3,(H,21,22). The number of rotatable bonds is 4. The van der Waals surface area contributed by atoms with Gasteiger partial charge in [-0.2, -0.15) is 4.31 Å². The maximum Gasteiger partial charge on any atom is 0.319 e. The highest BCUT2D eigenvalue weighted by Gasteiger charge is 2.58. The highest BCUT2D eigenvalue weighted by atomic mass is 32.2. The minimum atomic E-state index is -3.61. The number of nitrogens with zero attached hydrogens (tertiary/aromatic N) is 2. The van der Waals surface area contributed by atoms with Crippen molar-refractivity contribution >= 4 is 21.9 Å². The Bertz CT molecular complexity index is 821. The molecule has 0 spiro atoms. The Morgan fingerprint density at radius 1 is 1.04 bits per heavy atom. The molecule has 25 heavy (non-hydrogen) atoms. The summed E-state index contributed by atoms with van der Waals surface area (Å²) in [6, 6.07) is 5.04. The molecule has 136 valence electrons. The zero-order chi connectivity index (χ0) is 18.4. The number of carboxylic acid groups (broad SMARTS) is 1. The van der Waals surface area contributed by atoms with E-state index in [2.05, 4.69) is 0 Å². The first-order chi connectivity index (χ1) is 11.7. The lowest BCUT2D eigenvalue weighted by molar-refractivity contribution is -0.154. The third kappa shape index (κ3) is 3.04. The van der Waals surface area contributed by atoms with E-state index in [0.717, 1.165) is 11.1 Å². The van der Waals surface area contributed by atoms with Crippen molar-refractivity contribution in [2.45, 2.75) is 31.6 Å². The lowest BCUT2D eigenvalue weighted by atomic mass is 10.1. The van der Waals surface area contributed by atoms with Crippen molar-refractivity contribution in [1.29, 1.82) is 0 Å². The largest absolute Gasteiger partial charge is 0.480 e. The van der Waals surface area contributed by atoms with Crippen LogP contribution >= 0.6 is 0 Å². The van der Waals surface area contributed by atoms with Gasteiger partial charge in [0.1, 0.15) is 5.41 Å². The van der Waals surface area contributed by atoms with Crippen molar-refractivity contribution in [3.63, 3.8) is 0 Å². The molecule has 0 aromatic heterocycles. The van der Waals surface area contributed by atoms with Gasteiger partial charge >= 0.3 is 5.97 Å². The molecule has 1 saturated heterocycles. The van der Waals surface area contributed by atoms with E-state index in [-0.39, 0.29) is 37.0 Å². The summed E-state index contributed by atoms with van der Waals surface area (Å²) >= 11 is 0. The molecule has 3 rings (SSSR count). The number of amides is 1. The zero-order valence-corrected chi connectivity index (χ0v) is 15.2. The van der Waals surface area contributed by atoms with Crippen molar-refractivity contribution in [2.24, 2.45) is 5.41 Å². The summed E-state index contributed by atoms with van der Waals surface area (Å²) in [6.07, 6.45) is 0.727. The number of benzene rings is 1. The Balaban J connectivity index is 1.70. The molecule has 1 aliphatic heterocycles. The maximum atomic E-state index is 12.8. The van der Waals surface area contributed by atoms with Crippen LogP contribution in [0.5, 0.6) is 0 Å². The normalized spacial score (nSPS) is 20.3. The van der Waals surface area contributed by atoms with E-state index in [1.54, 1.807) is 18.2 Å². The summed E-state index contributed by atoms with van der Waals surface area (Å²) in [5.41, 5.74) is 0.666. The van der Waals surface area contributed by atoms with Crippen LogP contribution in [0, 0.1) is 19.3 Å². The predicted molar refractivity (Wildman–Crippen MR) is 90.6 cm³/mol. The van der Waals surface area contributed by atoms with E-state index in [1.807, 2.05) is 13.8 Å². The van der Waals surface area contributed by atoms with Gasteiger partial charge in [0.05, 0.1) is 4.90 Å². The van der Waals surface area contributed by atoms with Crippen LogP contribution in [0.2, 0.25) is 0 Å². The predicted octanol–water partition coefficient (Wildman–Crippen LogP) is 1.00. The van der Waals surface area contributed by atoms with Crippen LogP contribution in [0.3, 0.4) is 0 Å². The van der Waals surface area contributed by atoms with Gasteiger partial charge in [-0.1, -0.05) is 6.07 Å². The number of hydrogen-bond acceptors (Lipinski definition) is 4. The summed E-state index contributed by atoms with van der Waals surface area (Å²) in [7, 11) is -3.61. The van der Waals surface area contributed by atoms with Crippen molar-refractivity contribution < 1.29 is 23.1 Å². The topological polar surface area (TPSA) is 95.0 Å². The Hall–Kier alpha value is -1.93. The SMILES string of the molecule is Cc1ccc(S(=O)(=O)N2CCN(C(=O)C3(C(=O)O)CC3)CC2)cc1C. The number of piperazine rings is 1. The summed E-state index contributed by atoms with van der Waals surface area (Å²) in [5.74, 6) is -1.47. The fourth-order valence-electron chi connectivity index (χ4n) is 3.10. The number of carbonyl (C=O) groups excluding carboxylic acids is 1. The number of aliphatic carboxylic acids is 1. The molecule has 8 heteroatoms. The average molecular weight is 366 g/mol. The second-order valence-corrected chi connectivity index (χ2v) is 8.77. The maximum absolute atomic E-state index is 12.8. The minimum Gasteiger partial charge on any atom is -0.480 e. The van der Waals surface area contributed by atoms with Gasteiger partial charge in [0, 0.05) is 26.2 Å². The highest BCUT2D eigenvalue weighted by Crippen LogP contribution is 2.47. The van der Waals surface area contributed by atoms with Crippen molar-refractivity contribution in [3.8, 4) is 0 Å². The Morgan fingerprint density at radius 3 is 2.12 bits per heavy atom. The van der Waals surface area contributed by atoms with Gasteiger partial charge in [0.15, 0.2) is 0 Å². The zero-order valence-electron chi connectivity index (χ0n) is 14.4. The molecule has 1 aliphatic carbocycles. The molecule has 1 amide bonds. The van der Waals surface area contributed by atoms with Crippen LogP contribution in [-0.4, -0.2) is 60.8 Å². The van der Waals surface area contributed by atoms with Crippen LogP contribution in [0.4, 0.5) is 0 Å². The number of carboxylic acids is 1. The summed E-state index contributed by atoms with van der Waals surface area (Å²) in [4.78, 5) is 25.4. The van der Waals surface area contributed by atoms with E-state index in [1.165, 1.54) is 9.21 Å². The molecule has 1 heterocycles. The molecule has 1 N–H and O–H groups in total. The molecule has 0 radical (unpaired) electrons. The molecule has 1 aromatic rings. The van der Waals surface area contributed by atoms with Crippen LogP contribution < -0.4 is 0 Å². The van der Waals surface area contributed by atoms with E-state index >= 15 is 0 Å².